The number of hydrogen-bond acceptors (Lipinski definition) is 4. The van der Waals surface area contributed by atoms with Gasteiger partial charge in [-0.3, -0.25) is 0 Å². The highest BCUT2D eigenvalue weighted by Gasteiger charge is 2.13. The predicted octanol–water partition coefficient (Wildman–Crippen LogP) is 1.11. The van der Waals surface area contributed by atoms with Crippen LogP contribution in [0.4, 0.5) is 0 Å². The van der Waals surface area contributed by atoms with Crippen molar-refractivity contribution < 1.29 is 9.47 Å². The average molecular weight is 222 g/mol. The molecule has 0 aromatic heterocycles. The molecule has 88 valence electrons. The molecule has 0 radical (unpaired) electrons. The van der Waals surface area contributed by atoms with Gasteiger partial charge in [-0.15, -0.1) is 0 Å². The van der Waals surface area contributed by atoms with E-state index in [1.165, 1.54) is 5.56 Å². The molecule has 1 heterocycles. The lowest BCUT2D eigenvalue weighted by Gasteiger charge is -2.13. The summed E-state index contributed by atoms with van der Waals surface area (Å²) in [6, 6.07) is 6.51. The summed E-state index contributed by atoms with van der Waals surface area (Å²) in [5, 5.41) is 6.57. The number of fused-ring (bicyclic) bond motifs is 1. The highest BCUT2D eigenvalue weighted by atomic mass is 16.7. The van der Waals surface area contributed by atoms with Crippen LogP contribution in [0.3, 0.4) is 0 Å². The molecule has 1 aliphatic rings. The quantitative estimate of drug-likeness (QED) is 0.783. The summed E-state index contributed by atoms with van der Waals surface area (Å²) in [4.78, 5) is 0. The van der Waals surface area contributed by atoms with Gasteiger partial charge in [0, 0.05) is 19.1 Å². The largest absolute Gasteiger partial charge is 0.454 e. The third-order valence-corrected chi connectivity index (χ3v) is 2.60. The van der Waals surface area contributed by atoms with Gasteiger partial charge in [0.15, 0.2) is 11.5 Å². The van der Waals surface area contributed by atoms with E-state index < -0.39 is 0 Å². The smallest absolute Gasteiger partial charge is 0.231 e. The summed E-state index contributed by atoms with van der Waals surface area (Å²) < 4.78 is 10.6. The van der Waals surface area contributed by atoms with Crippen LogP contribution in [0.1, 0.15) is 12.5 Å². The van der Waals surface area contributed by atoms with Crippen molar-refractivity contribution in [3.8, 4) is 11.5 Å². The first-order valence-corrected chi connectivity index (χ1v) is 5.56. The zero-order valence-electron chi connectivity index (χ0n) is 9.75. The highest BCUT2D eigenvalue weighted by molar-refractivity contribution is 5.44. The molecule has 0 spiro atoms. The van der Waals surface area contributed by atoms with Crippen LogP contribution in [0.15, 0.2) is 18.2 Å². The van der Waals surface area contributed by atoms with Gasteiger partial charge in [-0.2, -0.15) is 0 Å². The number of benzene rings is 1. The lowest BCUT2D eigenvalue weighted by Crippen LogP contribution is -2.34. The summed E-state index contributed by atoms with van der Waals surface area (Å²) in [5.41, 5.74) is 1.22. The summed E-state index contributed by atoms with van der Waals surface area (Å²) in [7, 11) is 1.96. The Morgan fingerprint density at radius 2 is 2.12 bits per heavy atom. The van der Waals surface area contributed by atoms with E-state index in [1.807, 2.05) is 19.2 Å². The molecule has 16 heavy (non-hydrogen) atoms. The van der Waals surface area contributed by atoms with Crippen LogP contribution in [0, 0.1) is 0 Å². The van der Waals surface area contributed by atoms with Gasteiger partial charge in [0.05, 0.1) is 0 Å². The van der Waals surface area contributed by atoms with Gasteiger partial charge in [-0.25, -0.2) is 0 Å². The Morgan fingerprint density at radius 1 is 1.31 bits per heavy atom. The fraction of sp³-hybridized carbons (Fsp3) is 0.500. The molecule has 2 rings (SSSR count). The molecule has 0 saturated carbocycles. The summed E-state index contributed by atoms with van der Waals surface area (Å²) >= 11 is 0. The predicted molar refractivity (Wildman–Crippen MR) is 62.8 cm³/mol. The lowest BCUT2D eigenvalue weighted by atomic mass is 10.2. The Hall–Kier alpha value is -1.26. The van der Waals surface area contributed by atoms with Gasteiger partial charge in [0.1, 0.15) is 0 Å². The van der Waals surface area contributed by atoms with E-state index in [2.05, 4.69) is 23.6 Å². The molecule has 1 unspecified atom stereocenters. The van der Waals surface area contributed by atoms with Crippen molar-refractivity contribution in [3.63, 3.8) is 0 Å². The molecule has 0 aliphatic carbocycles. The third kappa shape index (κ3) is 2.65. The highest BCUT2D eigenvalue weighted by Crippen LogP contribution is 2.32. The van der Waals surface area contributed by atoms with E-state index in [0.29, 0.717) is 12.8 Å². The number of nitrogens with one attached hydrogen (secondary N) is 2. The standard InChI is InChI=1S/C12H18N2O2/c1-9(6-13-2)14-7-10-3-4-11-12(5-10)16-8-15-11/h3-5,9,13-14H,6-8H2,1-2H3. The van der Waals surface area contributed by atoms with E-state index in [1.54, 1.807) is 0 Å². The Morgan fingerprint density at radius 3 is 2.94 bits per heavy atom. The first kappa shape index (κ1) is 11.2. The molecule has 1 aromatic carbocycles. The monoisotopic (exact) mass is 222 g/mol. The molecule has 0 fully saturated rings. The van der Waals surface area contributed by atoms with E-state index in [0.717, 1.165) is 24.6 Å². The minimum atomic E-state index is 0.336. The van der Waals surface area contributed by atoms with Crippen LogP contribution in [0.5, 0.6) is 11.5 Å². The van der Waals surface area contributed by atoms with Crippen molar-refractivity contribution in [1.82, 2.24) is 10.6 Å². The van der Waals surface area contributed by atoms with Crippen molar-refractivity contribution in [2.24, 2.45) is 0 Å². The van der Waals surface area contributed by atoms with Crippen LogP contribution in [-0.4, -0.2) is 26.4 Å². The molecular weight excluding hydrogens is 204 g/mol. The number of ether oxygens (including phenoxy) is 2. The fourth-order valence-corrected chi connectivity index (χ4v) is 1.72. The normalized spacial score (nSPS) is 15.1. The summed E-state index contributed by atoms with van der Waals surface area (Å²) in [6.07, 6.45) is 0. The fourth-order valence-electron chi connectivity index (χ4n) is 1.72. The molecule has 4 nitrogen and oxygen atoms in total. The SMILES string of the molecule is CNCC(C)NCc1ccc2c(c1)OCO2. The van der Waals surface area contributed by atoms with Crippen LogP contribution in [-0.2, 0) is 6.54 Å². The minimum Gasteiger partial charge on any atom is -0.454 e. The third-order valence-electron chi connectivity index (χ3n) is 2.60. The van der Waals surface area contributed by atoms with Crippen LogP contribution in [0.2, 0.25) is 0 Å². The second-order valence-corrected chi connectivity index (χ2v) is 4.03. The van der Waals surface area contributed by atoms with E-state index in [9.17, 15) is 0 Å². The maximum atomic E-state index is 5.33. The number of rotatable bonds is 5. The minimum absolute atomic E-state index is 0.336. The first-order chi connectivity index (χ1) is 7.79. The second-order valence-electron chi connectivity index (χ2n) is 4.03. The Kier molecular flexibility index (Phi) is 3.64. The molecule has 2 N–H and O–H groups in total. The van der Waals surface area contributed by atoms with E-state index in [4.69, 9.17) is 9.47 Å². The Bertz CT molecular complexity index is 355. The van der Waals surface area contributed by atoms with Crippen molar-refractivity contribution in [1.29, 1.82) is 0 Å². The Balaban J connectivity index is 1.90. The Labute approximate surface area is 95.9 Å². The first-order valence-electron chi connectivity index (χ1n) is 5.56. The summed E-state index contributed by atoms with van der Waals surface area (Å²) in [5.74, 6) is 1.69. The molecule has 1 atom stereocenters. The zero-order valence-corrected chi connectivity index (χ0v) is 9.75. The second kappa shape index (κ2) is 5.18. The number of hydrogen-bond donors (Lipinski definition) is 2. The van der Waals surface area contributed by atoms with Gasteiger partial charge >= 0.3 is 0 Å². The van der Waals surface area contributed by atoms with Crippen LogP contribution in [0.25, 0.3) is 0 Å². The van der Waals surface area contributed by atoms with Gasteiger partial charge in [-0.1, -0.05) is 6.07 Å². The van der Waals surface area contributed by atoms with Crippen molar-refractivity contribution >= 4 is 0 Å². The topological polar surface area (TPSA) is 42.5 Å². The molecule has 1 aliphatic heterocycles. The van der Waals surface area contributed by atoms with Gasteiger partial charge in [-0.05, 0) is 31.7 Å². The van der Waals surface area contributed by atoms with Gasteiger partial charge in [0.25, 0.3) is 0 Å². The van der Waals surface area contributed by atoms with E-state index >= 15 is 0 Å². The molecule has 0 amide bonds. The van der Waals surface area contributed by atoms with Crippen molar-refractivity contribution in [3.05, 3.63) is 23.8 Å². The van der Waals surface area contributed by atoms with Crippen LogP contribution < -0.4 is 20.1 Å². The van der Waals surface area contributed by atoms with E-state index in [-0.39, 0.29) is 0 Å². The molecule has 0 saturated heterocycles. The molecule has 4 heteroatoms. The van der Waals surface area contributed by atoms with Gasteiger partial charge < -0.3 is 20.1 Å². The zero-order chi connectivity index (χ0) is 11.4. The van der Waals surface area contributed by atoms with Crippen LogP contribution >= 0.6 is 0 Å². The van der Waals surface area contributed by atoms with Crippen molar-refractivity contribution in [2.75, 3.05) is 20.4 Å². The van der Waals surface area contributed by atoms with Crippen molar-refractivity contribution in [2.45, 2.75) is 19.5 Å². The van der Waals surface area contributed by atoms with Gasteiger partial charge in [0.2, 0.25) is 6.79 Å². The average Bonchev–Trinajstić information content (AvgIpc) is 2.74. The number of likely N-dealkylation sites (N-methyl/N-ethyl adjacent to an activating group) is 1. The maximum absolute atomic E-state index is 5.33. The molecule has 0 bridgehead atoms. The molecular formula is C12H18N2O2. The summed E-state index contributed by atoms with van der Waals surface area (Å²) in [6.45, 7) is 4.30. The maximum Gasteiger partial charge on any atom is 0.231 e. The molecule has 1 aromatic rings. The lowest BCUT2D eigenvalue weighted by molar-refractivity contribution is 0.174.